The molecule has 3 heteroatoms. The van der Waals surface area contributed by atoms with Gasteiger partial charge in [-0.25, -0.2) is 0 Å². The first-order chi connectivity index (χ1) is 8.62. The zero-order valence-corrected chi connectivity index (χ0v) is 11.0. The minimum atomic E-state index is -0.406. The maximum absolute atomic E-state index is 10.3. The van der Waals surface area contributed by atoms with E-state index in [2.05, 4.69) is 0 Å². The van der Waals surface area contributed by atoms with Gasteiger partial charge in [0.25, 0.3) is 0 Å². The smallest absolute Gasteiger partial charge is 0.125 e. The Labute approximate surface area is 108 Å². The summed E-state index contributed by atoms with van der Waals surface area (Å²) >= 11 is 0. The fourth-order valence-corrected chi connectivity index (χ4v) is 3.13. The standard InChI is InChI=1S/C15H20O3/c1-3-17-11-7-15(8-11)9-13(16)12-6-10(2)4-5-14(12)18-15/h4-6,11,13,16H,3,7-9H2,1-2H3/t11?,13-,15?/m1/s1. The number of fused-ring (bicyclic) bond motifs is 1. The van der Waals surface area contributed by atoms with Gasteiger partial charge >= 0.3 is 0 Å². The highest BCUT2D eigenvalue weighted by atomic mass is 16.5. The molecule has 1 spiro atoms. The van der Waals surface area contributed by atoms with E-state index in [9.17, 15) is 5.11 Å². The highest BCUT2D eigenvalue weighted by Crippen LogP contribution is 2.49. The lowest BCUT2D eigenvalue weighted by Gasteiger charge is -2.50. The van der Waals surface area contributed by atoms with Crippen LogP contribution < -0.4 is 4.74 Å². The molecular formula is C15H20O3. The van der Waals surface area contributed by atoms with Crippen molar-refractivity contribution in [1.29, 1.82) is 0 Å². The topological polar surface area (TPSA) is 38.7 Å². The number of rotatable bonds is 2. The van der Waals surface area contributed by atoms with Crippen molar-refractivity contribution in [3.8, 4) is 5.75 Å². The van der Waals surface area contributed by atoms with Gasteiger partial charge in [0.1, 0.15) is 11.4 Å². The lowest BCUT2D eigenvalue weighted by molar-refractivity contribution is -0.147. The molecule has 1 aromatic rings. The fraction of sp³-hybridized carbons (Fsp3) is 0.600. The number of benzene rings is 1. The Morgan fingerprint density at radius 2 is 2.17 bits per heavy atom. The summed E-state index contributed by atoms with van der Waals surface area (Å²) in [5.41, 5.74) is 1.90. The molecule has 1 fully saturated rings. The first kappa shape index (κ1) is 12.0. The van der Waals surface area contributed by atoms with Crippen molar-refractivity contribution in [3.05, 3.63) is 29.3 Å². The van der Waals surface area contributed by atoms with E-state index in [1.54, 1.807) is 0 Å². The third-order valence-corrected chi connectivity index (χ3v) is 4.02. The number of hydrogen-bond donors (Lipinski definition) is 1. The monoisotopic (exact) mass is 248 g/mol. The molecule has 0 saturated heterocycles. The quantitative estimate of drug-likeness (QED) is 0.874. The average molecular weight is 248 g/mol. The van der Waals surface area contributed by atoms with Crippen molar-refractivity contribution in [2.24, 2.45) is 0 Å². The molecule has 0 radical (unpaired) electrons. The summed E-state index contributed by atoms with van der Waals surface area (Å²) in [6.45, 7) is 4.80. The second-order valence-corrected chi connectivity index (χ2v) is 5.53. The minimum absolute atomic E-state index is 0.193. The molecule has 0 amide bonds. The summed E-state index contributed by atoms with van der Waals surface area (Å²) in [6, 6.07) is 6.03. The summed E-state index contributed by atoms with van der Waals surface area (Å²) in [6.07, 6.45) is 2.37. The first-order valence-corrected chi connectivity index (χ1v) is 6.71. The summed E-state index contributed by atoms with van der Waals surface area (Å²) in [7, 11) is 0. The second kappa shape index (κ2) is 4.25. The van der Waals surface area contributed by atoms with Crippen LogP contribution in [0.4, 0.5) is 0 Å². The molecule has 1 aromatic carbocycles. The van der Waals surface area contributed by atoms with E-state index >= 15 is 0 Å². The van der Waals surface area contributed by atoms with E-state index in [0.717, 1.165) is 36.3 Å². The van der Waals surface area contributed by atoms with Crippen LogP contribution in [-0.2, 0) is 4.74 Å². The normalized spacial score (nSPS) is 33.7. The third kappa shape index (κ3) is 1.91. The van der Waals surface area contributed by atoms with Crippen LogP contribution in [0.15, 0.2) is 18.2 Å². The van der Waals surface area contributed by atoms with E-state index in [1.807, 2.05) is 32.0 Å². The molecule has 1 heterocycles. The zero-order valence-electron chi connectivity index (χ0n) is 11.0. The van der Waals surface area contributed by atoms with E-state index in [-0.39, 0.29) is 5.60 Å². The zero-order chi connectivity index (χ0) is 12.8. The van der Waals surface area contributed by atoms with Gasteiger partial charge in [0.15, 0.2) is 0 Å². The molecule has 3 rings (SSSR count). The summed E-state index contributed by atoms with van der Waals surface area (Å²) < 4.78 is 11.7. The molecule has 18 heavy (non-hydrogen) atoms. The van der Waals surface area contributed by atoms with E-state index in [1.165, 1.54) is 0 Å². The van der Waals surface area contributed by atoms with Crippen LogP contribution in [0.3, 0.4) is 0 Å². The maximum atomic E-state index is 10.3. The number of hydrogen-bond acceptors (Lipinski definition) is 3. The molecule has 98 valence electrons. The van der Waals surface area contributed by atoms with Crippen LogP contribution in [0.5, 0.6) is 5.75 Å². The molecule has 1 atom stereocenters. The molecule has 3 nitrogen and oxygen atoms in total. The van der Waals surface area contributed by atoms with Crippen LogP contribution >= 0.6 is 0 Å². The highest BCUT2D eigenvalue weighted by Gasteiger charge is 2.51. The number of ether oxygens (including phenoxy) is 2. The fourth-order valence-electron chi connectivity index (χ4n) is 3.13. The SMILES string of the molecule is CCOC1CC2(C1)C[C@@H](O)c1cc(C)ccc1O2. The van der Waals surface area contributed by atoms with Crippen LogP contribution in [0.1, 0.15) is 43.4 Å². The molecule has 1 aliphatic heterocycles. The minimum Gasteiger partial charge on any atom is -0.487 e. The van der Waals surface area contributed by atoms with Gasteiger partial charge in [0.05, 0.1) is 12.2 Å². The molecule has 1 saturated carbocycles. The molecule has 1 N–H and O–H groups in total. The predicted molar refractivity (Wildman–Crippen MR) is 68.8 cm³/mol. The van der Waals surface area contributed by atoms with Crippen LogP contribution in [0.25, 0.3) is 0 Å². The van der Waals surface area contributed by atoms with Crippen molar-refractivity contribution in [1.82, 2.24) is 0 Å². The number of aliphatic hydroxyl groups is 1. The van der Waals surface area contributed by atoms with Crippen molar-refractivity contribution < 1.29 is 14.6 Å². The first-order valence-electron chi connectivity index (χ1n) is 6.71. The Hall–Kier alpha value is -1.06. The summed E-state index contributed by atoms with van der Waals surface area (Å²) in [5.74, 6) is 0.842. The Balaban J connectivity index is 1.79. The average Bonchev–Trinajstić information content (AvgIpc) is 2.29. The van der Waals surface area contributed by atoms with E-state index in [0.29, 0.717) is 12.5 Å². The van der Waals surface area contributed by atoms with Gasteiger partial charge in [-0.3, -0.25) is 0 Å². The van der Waals surface area contributed by atoms with Crippen LogP contribution in [0.2, 0.25) is 0 Å². The van der Waals surface area contributed by atoms with Gasteiger partial charge in [0.2, 0.25) is 0 Å². The predicted octanol–water partition coefficient (Wildman–Crippen LogP) is 2.75. The van der Waals surface area contributed by atoms with Crippen molar-refractivity contribution in [3.63, 3.8) is 0 Å². The maximum Gasteiger partial charge on any atom is 0.125 e. The molecular weight excluding hydrogens is 228 g/mol. The Kier molecular flexibility index (Phi) is 2.83. The molecule has 0 unspecified atom stereocenters. The Morgan fingerprint density at radius 1 is 1.39 bits per heavy atom. The Morgan fingerprint density at radius 3 is 2.89 bits per heavy atom. The largest absolute Gasteiger partial charge is 0.487 e. The number of aryl methyl sites for hydroxylation is 1. The second-order valence-electron chi connectivity index (χ2n) is 5.53. The van der Waals surface area contributed by atoms with Gasteiger partial charge < -0.3 is 14.6 Å². The molecule has 1 aliphatic carbocycles. The lowest BCUT2D eigenvalue weighted by atomic mass is 9.71. The van der Waals surface area contributed by atoms with Gasteiger partial charge in [0, 0.05) is 31.4 Å². The summed E-state index contributed by atoms with van der Waals surface area (Å²) in [4.78, 5) is 0. The van der Waals surface area contributed by atoms with E-state index < -0.39 is 6.10 Å². The van der Waals surface area contributed by atoms with Crippen molar-refractivity contribution in [2.75, 3.05) is 6.61 Å². The van der Waals surface area contributed by atoms with Gasteiger partial charge in [-0.1, -0.05) is 11.6 Å². The van der Waals surface area contributed by atoms with Gasteiger partial charge in [-0.2, -0.15) is 0 Å². The van der Waals surface area contributed by atoms with E-state index in [4.69, 9.17) is 9.47 Å². The van der Waals surface area contributed by atoms with Gasteiger partial charge in [-0.05, 0) is 26.0 Å². The lowest BCUT2D eigenvalue weighted by Crippen LogP contribution is -2.55. The molecule has 0 aromatic heterocycles. The highest BCUT2D eigenvalue weighted by molar-refractivity contribution is 5.41. The third-order valence-electron chi connectivity index (χ3n) is 4.02. The van der Waals surface area contributed by atoms with Crippen molar-refractivity contribution >= 4 is 0 Å². The number of aliphatic hydroxyl groups excluding tert-OH is 1. The van der Waals surface area contributed by atoms with Crippen molar-refractivity contribution in [2.45, 2.75) is 50.9 Å². The van der Waals surface area contributed by atoms with Crippen LogP contribution in [-0.4, -0.2) is 23.4 Å². The molecule has 0 bridgehead atoms. The molecule has 2 aliphatic rings. The van der Waals surface area contributed by atoms with Gasteiger partial charge in [-0.15, -0.1) is 0 Å². The Bertz CT molecular complexity index is 449. The van der Waals surface area contributed by atoms with Crippen LogP contribution in [0, 0.1) is 6.92 Å². The summed E-state index contributed by atoms with van der Waals surface area (Å²) in [5, 5.41) is 10.3.